The molecule has 4 rings (SSSR count). The van der Waals surface area contributed by atoms with Gasteiger partial charge in [-0.3, -0.25) is 19.7 Å². The molecule has 1 fully saturated rings. The minimum Gasteiger partial charge on any atom is -0.338 e. The van der Waals surface area contributed by atoms with Gasteiger partial charge in [-0.15, -0.1) is 11.8 Å². The smallest absolute Gasteiger partial charge is 0.319 e. The Bertz CT molecular complexity index is 1170. The number of fused-ring (bicyclic) bond motifs is 1. The lowest BCUT2D eigenvalue weighted by atomic mass is 10.0. The van der Waals surface area contributed by atoms with Crippen molar-refractivity contribution in [3.8, 4) is 0 Å². The molecule has 0 saturated carbocycles. The molecule has 184 valence electrons. The summed E-state index contributed by atoms with van der Waals surface area (Å²) in [6.07, 6.45) is 2.35. The monoisotopic (exact) mass is 514 g/mol. The number of carbonyl (C=O) groups is 4. The van der Waals surface area contributed by atoms with Gasteiger partial charge in [0.05, 0.1) is 0 Å². The SMILES string of the molecule is Cc1ccc(NC(=O)NCCCCSc2ccc3c(c2)CN(C2CCC(=O)NC2=O)C3=O)cc1Cl. The van der Waals surface area contributed by atoms with Gasteiger partial charge in [0.2, 0.25) is 11.8 Å². The van der Waals surface area contributed by atoms with E-state index in [1.54, 1.807) is 22.7 Å². The molecule has 2 aliphatic rings. The molecular weight excluding hydrogens is 488 g/mol. The maximum Gasteiger partial charge on any atom is 0.319 e. The fraction of sp³-hybridized carbons (Fsp3) is 0.360. The first-order chi connectivity index (χ1) is 16.8. The Labute approximate surface area is 213 Å². The number of anilines is 1. The molecule has 0 aromatic heterocycles. The minimum atomic E-state index is -0.601. The van der Waals surface area contributed by atoms with E-state index in [1.807, 2.05) is 37.3 Å². The molecule has 0 radical (unpaired) electrons. The topological polar surface area (TPSA) is 108 Å². The van der Waals surface area contributed by atoms with E-state index in [1.165, 1.54) is 0 Å². The molecule has 0 aliphatic carbocycles. The number of piperidine rings is 1. The van der Waals surface area contributed by atoms with Crippen molar-refractivity contribution >= 4 is 52.8 Å². The van der Waals surface area contributed by atoms with Crippen molar-refractivity contribution in [3.05, 3.63) is 58.1 Å². The molecule has 5 amide bonds. The number of imide groups is 1. The molecule has 0 spiro atoms. The molecule has 1 atom stereocenters. The summed E-state index contributed by atoms with van der Waals surface area (Å²) in [5, 5.41) is 8.55. The molecule has 2 heterocycles. The summed E-state index contributed by atoms with van der Waals surface area (Å²) < 4.78 is 0. The third-order valence-electron chi connectivity index (χ3n) is 6.05. The highest BCUT2D eigenvalue weighted by Crippen LogP contribution is 2.31. The van der Waals surface area contributed by atoms with Crippen LogP contribution in [-0.2, 0) is 16.1 Å². The van der Waals surface area contributed by atoms with Crippen molar-refractivity contribution in [1.82, 2.24) is 15.5 Å². The predicted octanol–water partition coefficient (Wildman–Crippen LogP) is 4.10. The maximum absolute atomic E-state index is 12.8. The number of aryl methyl sites for hydroxylation is 1. The van der Waals surface area contributed by atoms with E-state index < -0.39 is 11.9 Å². The number of carbonyl (C=O) groups excluding carboxylic acids is 4. The Morgan fingerprint density at radius 1 is 1.17 bits per heavy atom. The largest absolute Gasteiger partial charge is 0.338 e. The molecule has 10 heteroatoms. The van der Waals surface area contributed by atoms with E-state index in [0.717, 1.165) is 34.6 Å². The fourth-order valence-corrected chi connectivity index (χ4v) is 5.26. The molecule has 35 heavy (non-hydrogen) atoms. The molecule has 1 unspecified atom stereocenters. The number of nitrogens with one attached hydrogen (secondary N) is 3. The van der Waals surface area contributed by atoms with Crippen molar-refractivity contribution in [3.63, 3.8) is 0 Å². The number of rotatable bonds is 8. The van der Waals surface area contributed by atoms with Crippen LogP contribution in [0.3, 0.4) is 0 Å². The van der Waals surface area contributed by atoms with Crippen LogP contribution in [0.4, 0.5) is 10.5 Å². The quantitative estimate of drug-likeness (QED) is 0.279. The standard InChI is InChI=1S/C25H27ClN4O4S/c1-15-4-5-17(13-20(15)26)28-25(34)27-10-2-3-11-35-18-6-7-19-16(12-18)14-30(24(19)33)21-8-9-22(31)29-23(21)32/h4-7,12-13,21H,2-3,8-11,14H2,1H3,(H2,27,28,34)(H,29,31,32). The predicted molar refractivity (Wildman–Crippen MR) is 136 cm³/mol. The normalized spacial score (nSPS) is 17.3. The zero-order chi connectivity index (χ0) is 24.9. The minimum absolute atomic E-state index is 0.164. The van der Waals surface area contributed by atoms with E-state index in [2.05, 4.69) is 16.0 Å². The lowest BCUT2D eigenvalue weighted by molar-refractivity contribution is -0.136. The van der Waals surface area contributed by atoms with Gasteiger partial charge < -0.3 is 15.5 Å². The van der Waals surface area contributed by atoms with Crippen LogP contribution in [0, 0.1) is 6.92 Å². The Balaban J connectivity index is 1.18. The number of urea groups is 1. The van der Waals surface area contributed by atoms with Gasteiger partial charge in [0.1, 0.15) is 6.04 Å². The van der Waals surface area contributed by atoms with Crippen LogP contribution in [-0.4, -0.2) is 47.0 Å². The van der Waals surface area contributed by atoms with Gasteiger partial charge in [-0.1, -0.05) is 17.7 Å². The third-order valence-corrected chi connectivity index (χ3v) is 7.54. The van der Waals surface area contributed by atoms with Crippen LogP contribution in [0.2, 0.25) is 5.02 Å². The van der Waals surface area contributed by atoms with Gasteiger partial charge in [-0.2, -0.15) is 0 Å². The van der Waals surface area contributed by atoms with Gasteiger partial charge in [-0.25, -0.2) is 4.79 Å². The number of benzene rings is 2. The second-order valence-electron chi connectivity index (χ2n) is 8.62. The summed E-state index contributed by atoms with van der Waals surface area (Å²) in [6, 6.07) is 10.3. The van der Waals surface area contributed by atoms with Crippen LogP contribution in [0.15, 0.2) is 41.3 Å². The highest BCUT2D eigenvalue weighted by molar-refractivity contribution is 7.99. The van der Waals surface area contributed by atoms with Gasteiger partial charge in [0.25, 0.3) is 5.91 Å². The van der Waals surface area contributed by atoms with Gasteiger partial charge in [0, 0.05) is 40.7 Å². The van der Waals surface area contributed by atoms with Crippen LogP contribution < -0.4 is 16.0 Å². The van der Waals surface area contributed by atoms with E-state index >= 15 is 0 Å². The Morgan fingerprint density at radius 2 is 2.00 bits per heavy atom. The second kappa shape index (κ2) is 11.1. The van der Waals surface area contributed by atoms with Crippen LogP contribution in [0.1, 0.15) is 47.2 Å². The van der Waals surface area contributed by atoms with Crippen LogP contribution in [0.25, 0.3) is 0 Å². The molecule has 1 saturated heterocycles. The number of unbranched alkanes of at least 4 members (excludes halogenated alkanes) is 1. The number of hydrogen-bond donors (Lipinski definition) is 3. The average Bonchev–Trinajstić information content (AvgIpc) is 3.14. The molecule has 2 aromatic rings. The second-order valence-corrected chi connectivity index (χ2v) is 10.2. The van der Waals surface area contributed by atoms with E-state index in [0.29, 0.717) is 35.8 Å². The zero-order valence-corrected chi connectivity index (χ0v) is 20.9. The fourth-order valence-electron chi connectivity index (χ4n) is 4.11. The van der Waals surface area contributed by atoms with Gasteiger partial charge >= 0.3 is 6.03 Å². The average molecular weight is 515 g/mol. The summed E-state index contributed by atoms with van der Waals surface area (Å²) >= 11 is 7.77. The highest BCUT2D eigenvalue weighted by Gasteiger charge is 2.39. The Morgan fingerprint density at radius 3 is 2.77 bits per heavy atom. The lowest BCUT2D eigenvalue weighted by Gasteiger charge is -2.29. The van der Waals surface area contributed by atoms with Gasteiger partial charge in [-0.05, 0) is 73.4 Å². The number of thioether (sulfide) groups is 1. The van der Waals surface area contributed by atoms with Crippen molar-refractivity contribution in [2.24, 2.45) is 0 Å². The number of amides is 5. The van der Waals surface area contributed by atoms with Crippen molar-refractivity contribution in [2.45, 2.75) is 50.1 Å². The number of nitrogens with zero attached hydrogens (tertiary/aromatic N) is 1. The first-order valence-electron chi connectivity index (χ1n) is 11.5. The van der Waals surface area contributed by atoms with Crippen molar-refractivity contribution < 1.29 is 19.2 Å². The third kappa shape index (κ3) is 6.15. The Hall–Kier alpha value is -3.04. The Kier molecular flexibility index (Phi) is 7.97. The van der Waals surface area contributed by atoms with Crippen LogP contribution >= 0.6 is 23.4 Å². The molecule has 3 N–H and O–H groups in total. The molecule has 2 aliphatic heterocycles. The van der Waals surface area contributed by atoms with Crippen LogP contribution in [0.5, 0.6) is 0 Å². The van der Waals surface area contributed by atoms with Crippen molar-refractivity contribution in [2.75, 3.05) is 17.6 Å². The summed E-state index contributed by atoms with van der Waals surface area (Å²) in [5.41, 5.74) is 3.13. The molecular formula is C25H27ClN4O4S. The van der Waals surface area contributed by atoms with E-state index in [4.69, 9.17) is 11.6 Å². The molecule has 8 nitrogen and oxygen atoms in total. The zero-order valence-electron chi connectivity index (χ0n) is 19.4. The number of hydrogen-bond acceptors (Lipinski definition) is 5. The molecule has 0 bridgehead atoms. The summed E-state index contributed by atoms with van der Waals surface area (Å²) in [5.74, 6) is 0.0202. The van der Waals surface area contributed by atoms with E-state index in [-0.39, 0.29) is 24.3 Å². The van der Waals surface area contributed by atoms with E-state index in [9.17, 15) is 19.2 Å². The molecule has 2 aromatic carbocycles. The highest BCUT2D eigenvalue weighted by atomic mass is 35.5. The van der Waals surface area contributed by atoms with Gasteiger partial charge in [0.15, 0.2) is 0 Å². The first kappa shape index (κ1) is 25.1. The maximum atomic E-state index is 12.8. The number of halogens is 1. The van der Waals surface area contributed by atoms with Crippen molar-refractivity contribution in [1.29, 1.82) is 0 Å². The first-order valence-corrected chi connectivity index (χ1v) is 12.9. The summed E-state index contributed by atoms with van der Waals surface area (Å²) in [6.45, 7) is 2.84. The lowest BCUT2D eigenvalue weighted by Crippen LogP contribution is -2.52. The summed E-state index contributed by atoms with van der Waals surface area (Å²) in [4.78, 5) is 51.0. The summed E-state index contributed by atoms with van der Waals surface area (Å²) in [7, 11) is 0.